The number of nitrogens with one attached hydrogen (secondary N) is 1. The quantitative estimate of drug-likeness (QED) is 0.0915. The highest BCUT2D eigenvalue weighted by Crippen LogP contribution is 2.71. The predicted octanol–water partition coefficient (Wildman–Crippen LogP) is 5.04. The highest BCUT2D eigenvalue weighted by molar-refractivity contribution is 6.26. The first-order chi connectivity index (χ1) is 32.8. The van der Waals surface area contributed by atoms with Gasteiger partial charge in [0, 0.05) is 61.3 Å². The van der Waals surface area contributed by atoms with E-state index in [1.807, 2.05) is 51.6 Å². The molecule has 0 aromatic rings. The Kier molecular flexibility index (Phi) is 17.3. The fraction of sp³-hybridized carbons (Fsp3) is 0.870. The molecule has 2 saturated heterocycles. The van der Waals surface area contributed by atoms with Crippen molar-refractivity contribution in [2.45, 2.75) is 212 Å². The van der Waals surface area contributed by atoms with Crippen LogP contribution >= 0.6 is 11.6 Å². The summed E-state index contributed by atoms with van der Waals surface area (Å²) in [4.78, 5) is 43.5. The Balaban J connectivity index is 1.23. The lowest BCUT2D eigenvalue weighted by molar-refractivity contribution is -0.290. The van der Waals surface area contributed by atoms with Crippen molar-refractivity contribution in [1.82, 2.24) is 15.1 Å². The molecule has 6 rings (SSSR count). The highest BCUT2D eigenvalue weighted by Gasteiger charge is 2.75. The summed E-state index contributed by atoms with van der Waals surface area (Å²) in [6.07, 6.45) is -3.22. The van der Waals surface area contributed by atoms with Crippen LogP contribution in [-0.2, 0) is 28.6 Å². The van der Waals surface area contributed by atoms with Crippen molar-refractivity contribution < 1.29 is 63.6 Å². The number of halogens is 2. The van der Waals surface area contributed by atoms with Crippen molar-refractivity contribution in [2.75, 3.05) is 33.7 Å². The Morgan fingerprint density at radius 2 is 1.62 bits per heavy atom. The Morgan fingerprint density at radius 1 is 0.972 bits per heavy atom. The van der Waals surface area contributed by atoms with Gasteiger partial charge in [0.25, 0.3) is 5.91 Å². The van der Waals surface area contributed by atoms with Gasteiger partial charge in [0.2, 0.25) is 0 Å². The number of rotatable bonds is 9. The second-order valence-electron chi connectivity index (χ2n) is 24.7. The van der Waals surface area contributed by atoms with E-state index in [2.05, 4.69) is 12.2 Å². The van der Waals surface area contributed by atoms with Crippen molar-refractivity contribution >= 4 is 29.3 Å². The number of cyclic esters (lactones) is 1. The van der Waals surface area contributed by atoms with E-state index in [1.54, 1.807) is 47.6 Å². The molecule has 0 aromatic carbocycles. The van der Waals surface area contributed by atoms with E-state index in [0.717, 1.165) is 0 Å². The van der Waals surface area contributed by atoms with Gasteiger partial charge in [-0.15, -0.1) is 11.6 Å². The number of hydrogen-bond donors (Lipinski definition) is 7. The minimum atomic E-state index is -1.94. The van der Waals surface area contributed by atoms with Gasteiger partial charge < -0.3 is 55.1 Å². The second-order valence-corrected chi connectivity index (χ2v) is 25.3. The molecule has 4 fully saturated rings. The number of carbonyl (C=O) groups excluding carboxylic acids is 3. The molecule has 2 saturated carbocycles. The van der Waals surface area contributed by atoms with Crippen molar-refractivity contribution in [3.8, 4) is 0 Å². The van der Waals surface area contributed by atoms with Crippen LogP contribution in [0.5, 0.6) is 0 Å². The predicted molar refractivity (Wildman–Crippen MR) is 267 cm³/mol. The number of carbonyl (C=O) groups is 3. The van der Waals surface area contributed by atoms with Gasteiger partial charge in [-0.25, -0.2) is 4.39 Å². The van der Waals surface area contributed by atoms with Crippen LogP contribution < -0.4 is 5.32 Å². The summed E-state index contributed by atoms with van der Waals surface area (Å²) in [7, 11) is 3.79. The maximum absolute atomic E-state index is 16.1. The Labute approximate surface area is 427 Å². The number of aliphatic hydroxyl groups excluding tert-OH is 4. The lowest BCUT2D eigenvalue weighted by Crippen LogP contribution is -2.69. The van der Waals surface area contributed by atoms with Crippen molar-refractivity contribution in [3.63, 3.8) is 0 Å². The minimum Gasteiger partial charge on any atom is -0.459 e. The van der Waals surface area contributed by atoms with Crippen LogP contribution in [0.1, 0.15) is 134 Å². The number of hydrogen-bond acceptors (Lipinski definition) is 14. The van der Waals surface area contributed by atoms with Crippen LogP contribution in [0.4, 0.5) is 4.39 Å². The molecule has 0 bridgehead atoms. The molecule has 2 heterocycles. The SMILES string of the molecule is CC[C@H]1OC(=O)[C@H](C)[C@@H](O)[C@H](C)C(O[C@@H]2O[C@H](C)C[C@@H](N(C)C)C2O)C(C)(C)C[C@@H](C)CN(CCCNC(=O)[C@@]2(O)[C@H](C)CC3C4CC(F)=C5CC(=O)C=C[C@]5(C)[C@@]4(Cl)[C@@H](O)C[C@@]32C)[C@H](C)[C@@H](O)[C@]1(C)O. The maximum Gasteiger partial charge on any atom is 0.311 e. The van der Waals surface area contributed by atoms with E-state index >= 15 is 4.39 Å². The number of alkyl halides is 1. The van der Waals surface area contributed by atoms with E-state index < -0.39 is 129 Å². The number of ketones is 1. The van der Waals surface area contributed by atoms with Crippen molar-refractivity contribution in [1.29, 1.82) is 0 Å². The zero-order valence-electron chi connectivity index (χ0n) is 45.0. The number of ether oxygens (including phenoxy) is 3. The molecule has 17 heteroatoms. The monoisotopic (exact) mass is 1030 g/mol. The number of likely N-dealkylation sites (N-methyl/N-ethyl adjacent to an activating group) is 1. The van der Waals surface area contributed by atoms with Crippen LogP contribution in [0.25, 0.3) is 0 Å². The highest BCUT2D eigenvalue weighted by atomic mass is 35.5. The lowest BCUT2D eigenvalue weighted by Gasteiger charge is -2.63. The number of allylic oxidation sites excluding steroid dienone is 4. The first-order valence-electron chi connectivity index (χ1n) is 26.4. The molecule has 15 nitrogen and oxygen atoms in total. The zero-order chi connectivity index (χ0) is 53.3. The average molecular weight is 1030 g/mol. The number of amides is 1. The Hall–Kier alpha value is -2.09. The van der Waals surface area contributed by atoms with Crippen LogP contribution in [0.3, 0.4) is 0 Å². The summed E-state index contributed by atoms with van der Waals surface area (Å²) in [6.45, 7) is 22.7. The molecule has 2 aliphatic heterocycles. The molecular formula is C54H89ClFN3O12. The van der Waals surface area contributed by atoms with E-state index in [0.29, 0.717) is 38.8 Å². The van der Waals surface area contributed by atoms with Gasteiger partial charge in [-0.1, -0.05) is 61.5 Å². The minimum absolute atomic E-state index is 0.0177. The molecule has 0 aromatic heterocycles. The number of nitrogens with zero attached hydrogens (tertiary/aromatic N) is 2. The number of esters is 1. The molecular weight excluding hydrogens is 937 g/mol. The molecule has 71 heavy (non-hydrogen) atoms. The second kappa shape index (κ2) is 21.1. The average Bonchev–Trinajstić information content (AvgIpc) is 3.49. The van der Waals surface area contributed by atoms with Gasteiger partial charge in [0.05, 0.1) is 35.2 Å². The first kappa shape index (κ1) is 58.2. The molecule has 7 N–H and O–H groups in total. The summed E-state index contributed by atoms with van der Waals surface area (Å²) in [5.74, 6) is -5.46. The number of fused-ring (bicyclic) bond motifs is 5. The maximum atomic E-state index is 16.1. The van der Waals surface area contributed by atoms with Crippen LogP contribution in [-0.4, -0.2) is 169 Å². The van der Waals surface area contributed by atoms with Crippen LogP contribution in [0.15, 0.2) is 23.6 Å². The van der Waals surface area contributed by atoms with E-state index in [1.165, 1.54) is 13.0 Å². The van der Waals surface area contributed by atoms with Gasteiger partial charge in [0.15, 0.2) is 17.7 Å². The fourth-order valence-corrected chi connectivity index (χ4v) is 15.4. The van der Waals surface area contributed by atoms with Crippen molar-refractivity contribution in [3.05, 3.63) is 23.6 Å². The van der Waals surface area contributed by atoms with Crippen LogP contribution in [0, 0.1) is 51.8 Å². The topological polar surface area (TPSA) is 219 Å². The molecule has 6 aliphatic rings. The standard InChI is InChI=1S/C54H89ClFN3O12/c1-15-41-52(12,67)44(64)33(7)59(27-28(2)25-49(8,9)45(31(5)42(62)32(6)46(65)70-41)71-47-43(63)39(58(13)14)22-30(4)69-47)20-16-19-57-48(66)54(68)29(3)21-35-36-24-38(56)37-23-34(60)17-18-50(37,10)53(36,55)40(61)26-51(35,54)11/h17-18,28-33,35-36,39-45,47,61-64,67-68H,15-16,19-27H2,1-14H3,(H,57,66)/t28-,29-,30-,31+,32-,33-,35?,36?,39-,40+,41-,42+,43?,44-,45?,47+,50+,51+,52-,53+,54+/m1/s1. The third kappa shape index (κ3) is 10.1. The zero-order valence-corrected chi connectivity index (χ0v) is 45.7. The normalized spacial score (nSPS) is 48.0. The summed E-state index contributed by atoms with van der Waals surface area (Å²) >= 11 is 7.55. The van der Waals surface area contributed by atoms with Gasteiger partial charge in [-0.05, 0) is 121 Å². The molecule has 0 radical (unpaired) electrons. The molecule has 4 unspecified atom stereocenters. The lowest BCUT2D eigenvalue weighted by atomic mass is 9.46. The molecule has 21 atom stereocenters. The van der Waals surface area contributed by atoms with E-state index in [9.17, 15) is 45.0 Å². The molecule has 0 spiro atoms. The third-order valence-corrected chi connectivity index (χ3v) is 20.0. The van der Waals surface area contributed by atoms with Gasteiger partial charge in [-0.2, -0.15) is 0 Å². The molecule has 406 valence electrons. The summed E-state index contributed by atoms with van der Waals surface area (Å²) < 4.78 is 35.1. The fourth-order valence-electron chi connectivity index (χ4n) is 14.9. The molecule has 4 aliphatic carbocycles. The number of aliphatic hydroxyl groups is 6. The largest absolute Gasteiger partial charge is 0.459 e. The summed E-state index contributed by atoms with van der Waals surface area (Å²) in [5, 5.41) is 75.4. The van der Waals surface area contributed by atoms with Gasteiger partial charge >= 0.3 is 5.97 Å². The van der Waals surface area contributed by atoms with Crippen LogP contribution in [0.2, 0.25) is 0 Å². The van der Waals surface area contributed by atoms with E-state index in [-0.39, 0.29) is 61.6 Å². The Morgan fingerprint density at radius 3 is 2.24 bits per heavy atom. The van der Waals surface area contributed by atoms with E-state index in [4.69, 9.17) is 25.8 Å². The summed E-state index contributed by atoms with van der Waals surface area (Å²) in [6, 6.07) is -0.944. The first-order valence-corrected chi connectivity index (χ1v) is 26.8. The van der Waals surface area contributed by atoms with Gasteiger partial charge in [0.1, 0.15) is 29.7 Å². The molecule has 1 amide bonds. The Bertz CT molecular complexity index is 2020. The summed E-state index contributed by atoms with van der Waals surface area (Å²) in [5.41, 5.74) is -6.60. The van der Waals surface area contributed by atoms with Gasteiger partial charge in [-0.3, -0.25) is 19.3 Å². The third-order valence-electron chi connectivity index (χ3n) is 19.1. The smallest absolute Gasteiger partial charge is 0.311 e. The van der Waals surface area contributed by atoms with Crippen molar-refractivity contribution in [2.24, 2.45) is 51.8 Å².